The van der Waals surface area contributed by atoms with Crippen LogP contribution in [0, 0.1) is 5.92 Å². The van der Waals surface area contributed by atoms with Crippen molar-refractivity contribution in [1.29, 1.82) is 0 Å². The van der Waals surface area contributed by atoms with E-state index in [-0.39, 0.29) is 18.1 Å². The molecule has 2 saturated heterocycles. The first kappa shape index (κ1) is 13.8. The zero-order valence-corrected chi connectivity index (χ0v) is 11.8. The normalized spacial score (nSPS) is 32.8. The van der Waals surface area contributed by atoms with Crippen molar-refractivity contribution in [2.24, 2.45) is 5.92 Å². The molecule has 18 heavy (non-hydrogen) atoms. The Balaban J connectivity index is 1.90. The van der Waals surface area contributed by atoms with Crippen LogP contribution in [0.1, 0.15) is 46.5 Å². The molecule has 0 aliphatic carbocycles. The minimum absolute atomic E-state index is 0.000513. The molecule has 0 bridgehead atoms. The van der Waals surface area contributed by atoms with Gasteiger partial charge in [-0.25, -0.2) is 0 Å². The Kier molecular flexibility index (Phi) is 4.62. The predicted octanol–water partition coefficient (Wildman–Crippen LogP) is 1.75. The van der Waals surface area contributed by atoms with Crippen LogP contribution in [0.25, 0.3) is 0 Å². The molecule has 0 saturated carbocycles. The monoisotopic (exact) mass is 254 g/mol. The molecule has 2 aliphatic rings. The van der Waals surface area contributed by atoms with Gasteiger partial charge in [0, 0.05) is 13.2 Å². The first-order chi connectivity index (χ1) is 8.63. The van der Waals surface area contributed by atoms with Crippen molar-refractivity contribution in [3.8, 4) is 0 Å². The van der Waals surface area contributed by atoms with E-state index in [0.717, 1.165) is 32.4 Å². The Labute approximate surface area is 110 Å². The number of hydrogen-bond donors (Lipinski definition) is 1. The van der Waals surface area contributed by atoms with Crippen molar-refractivity contribution in [2.45, 2.75) is 64.8 Å². The maximum absolute atomic E-state index is 12.3. The van der Waals surface area contributed by atoms with Crippen LogP contribution in [-0.2, 0) is 9.53 Å². The van der Waals surface area contributed by atoms with Crippen LogP contribution in [0.5, 0.6) is 0 Å². The minimum Gasteiger partial charge on any atom is -0.378 e. The summed E-state index contributed by atoms with van der Waals surface area (Å²) in [5.74, 6) is 0.633. The van der Waals surface area contributed by atoms with Gasteiger partial charge in [0.05, 0.1) is 18.3 Å². The van der Waals surface area contributed by atoms with Gasteiger partial charge >= 0.3 is 0 Å². The molecule has 2 heterocycles. The molecular formula is C14H26N2O2. The van der Waals surface area contributed by atoms with Gasteiger partial charge < -0.3 is 9.64 Å². The topological polar surface area (TPSA) is 41.6 Å². The molecule has 2 aliphatic heterocycles. The molecule has 4 heteroatoms. The number of carbonyl (C=O) groups is 1. The quantitative estimate of drug-likeness (QED) is 0.812. The summed E-state index contributed by atoms with van der Waals surface area (Å²) in [7, 11) is 0. The molecule has 104 valence electrons. The van der Waals surface area contributed by atoms with Gasteiger partial charge in [0.1, 0.15) is 0 Å². The van der Waals surface area contributed by atoms with Gasteiger partial charge in [-0.3, -0.25) is 10.1 Å². The van der Waals surface area contributed by atoms with Crippen molar-refractivity contribution in [2.75, 3.05) is 13.2 Å². The van der Waals surface area contributed by atoms with Gasteiger partial charge in [-0.1, -0.05) is 20.8 Å². The molecule has 1 N–H and O–H groups in total. The summed E-state index contributed by atoms with van der Waals surface area (Å²) in [4.78, 5) is 14.4. The van der Waals surface area contributed by atoms with E-state index in [9.17, 15) is 4.79 Å². The van der Waals surface area contributed by atoms with Crippen LogP contribution in [-0.4, -0.2) is 42.3 Å². The number of rotatable bonds is 5. The molecule has 2 fully saturated rings. The van der Waals surface area contributed by atoms with Gasteiger partial charge in [0.15, 0.2) is 0 Å². The third-order valence-electron chi connectivity index (χ3n) is 4.07. The lowest BCUT2D eigenvalue weighted by atomic mass is 10.0. The maximum atomic E-state index is 12.3. The lowest BCUT2D eigenvalue weighted by molar-refractivity contribution is -0.131. The summed E-state index contributed by atoms with van der Waals surface area (Å²) >= 11 is 0. The average molecular weight is 254 g/mol. The van der Waals surface area contributed by atoms with Gasteiger partial charge in [-0.2, -0.15) is 0 Å². The zero-order valence-electron chi connectivity index (χ0n) is 11.8. The smallest absolute Gasteiger partial charge is 0.241 e. The second-order valence-corrected chi connectivity index (χ2v) is 5.77. The second kappa shape index (κ2) is 6.02. The summed E-state index contributed by atoms with van der Waals surface area (Å²) in [6.07, 6.45) is 4.86. The number of nitrogens with zero attached hydrogens (tertiary/aromatic N) is 1. The molecule has 0 aromatic rings. The predicted molar refractivity (Wildman–Crippen MR) is 71.1 cm³/mol. The van der Waals surface area contributed by atoms with Crippen LogP contribution in [0.15, 0.2) is 0 Å². The van der Waals surface area contributed by atoms with Gasteiger partial charge in [-0.15, -0.1) is 0 Å². The number of nitrogens with one attached hydrogen (secondary N) is 1. The van der Waals surface area contributed by atoms with E-state index in [1.54, 1.807) is 0 Å². The van der Waals surface area contributed by atoms with E-state index in [1.165, 1.54) is 6.42 Å². The van der Waals surface area contributed by atoms with Crippen LogP contribution in [0.3, 0.4) is 0 Å². The SMILES string of the molecule is CCC1NC(C(C)C)C(=O)N1CCC1CCCO1. The highest BCUT2D eigenvalue weighted by atomic mass is 16.5. The summed E-state index contributed by atoms with van der Waals surface area (Å²) < 4.78 is 5.63. The molecule has 2 rings (SSSR count). The van der Waals surface area contributed by atoms with Crippen LogP contribution >= 0.6 is 0 Å². The fourth-order valence-electron chi connectivity index (χ4n) is 2.94. The summed E-state index contributed by atoms with van der Waals surface area (Å²) in [5, 5.41) is 3.45. The van der Waals surface area contributed by atoms with Crippen LogP contribution in [0.2, 0.25) is 0 Å². The standard InChI is InChI=1S/C14H26N2O2/c1-4-12-15-13(10(2)3)14(17)16(12)8-7-11-6-5-9-18-11/h10-13,15H,4-9H2,1-3H3. The number of carbonyl (C=O) groups excluding carboxylic acids is 1. The Bertz CT molecular complexity index is 288. The molecular weight excluding hydrogens is 228 g/mol. The van der Waals surface area contributed by atoms with E-state index in [2.05, 4.69) is 26.1 Å². The first-order valence-electron chi connectivity index (χ1n) is 7.31. The van der Waals surface area contributed by atoms with E-state index < -0.39 is 0 Å². The highest BCUT2D eigenvalue weighted by Gasteiger charge is 2.39. The maximum Gasteiger partial charge on any atom is 0.241 e. The summed E-state index contributed by atoms with van der Waals surface area (Å²) in [6.45, 7) is 8.06. The highest BCUT2D eigenvalue weighted by molar-refractivity contribution is 5.84. The van der Waals surface area contributed by atoms with Gasteiger partial charge in [0.2, 0.25) is 5.91 Å². The van der Waals surface area contributed by atoms with E-state index in [4.69, 9.17) is 4.74 Å². The van der Waals surface area contributed by atoms with Crippen molar-refractivity contribution in [3.05, 3.63) is 0 Å². The van der Waals surface area contributed by atoms with E-state index >= 15 is 0 Å². The first-order valence-corrected chi connectivity index (χ1v) is 7.31. The van der Waals surface area contributed by atoms with Crippen molar-refractivity contribution >= 4 is 5.91 Å². The Hall–Kier alpha value is -0.610. The molecule has 3 atom stereocenters. The van der Waals surface area contributed by atoms with Gasteiger partial charge in [-0.05, 0) is 31.6 Å². The third kappa shape index (κ3) is 2.86. The van der Waals surface area contributed by atoms with Crippen molar-refractivity contribution < 1.29 is 9.53 Å². The van der Waals surface area contributed by atoms with Crippen LogP contribution < -0.4 is 5.32 Å². The number of hydrogen-bond acceptors (Lipinski definition) is 3. The Morgan fingerprint density at radius 3 is 2.83 bits per heavy atom. The molecule has 1 amide bonds. The van der Waals surface area contributed by atoms with Gasteiger partial charge in [0.25, 0.3) is 0 Å². The fraction of sp³-hybridized carbons (Fsp3) is 0.929. The number of ether oxygens (including phenoxy) is 1. The summed E-state index contributed by atoms with van der Waals surface area (Å²) in [5.41, 5.74) is 0. The summed E-state index contributed by atoms with van der Waals surface area (Å²) in [6, 6.07) is -0.000513. The molecule has 0 spiro atoms. The third-order valence-corrected chi connectivity index (χ3v) is 4.07. The zero-order chi connectivity index (χ0) is 13.1. The Morgan fingerprint density at radius 2 is 2.28 bits per heavy atom. The minimum atomic E-state index is -0.000513. The molecule has 3 unspecified atom stereocenters. The fourth-order valence-corrected chi connectivity index (χ4v) is 2.94. The van der Waals surface area contributed by atoms with Crippen LogP contribution in [0.4, 0.5) is 0 Å². The largest absolute Gasteiger partial charge is 0.378 e. The lowest BCUT2D eigenvalue weighted by Gasteiger charge is -2.24. The molecule has 0 aromatic heterocycles. The van der Waals surface area contributed by atoms with E-state index in [0.29, 0.717) is 12.0 Å². The molecule has 4 nitrogen and oxygen atoms in total. The highest BCUT2D eigenvalue weighted by Crippen LogP contribution is 2.21. The van der Waals surface area contributed by atoms with E-state index in [1.807, 2.05) is 4.90 Å². The molecule has 0 aromatic carbocycles. The molecule has 0 radical (unpaired) electrons. The Morgan fingerprint density at radius 1 is 1.50 bits per heavy atom. The number of amides is 1. The van der Waals surface area contributed by atoms with Crippen molar-refractivity contribution in [1.82, 2.24) is 10.2 Å². The lowest BCUT2D eigenvalue weighted by Crippen LogP contribution is -2.38. The van der Waals surface area contributed by atoms with Crippen molar-refractivity contribution in [3.63, 3.8) is 0 Å². The average Bonchev–Trinajstić information content (AvgIpc) is 2.94. The second-order valence-electron chi connectivity index (χ2n) is 5.77.